The largest absolute Gasteiger partial charge is 0.383 e. The first-order chi connectivity index (χ1) is 8.76. The molecule has 0 bridgehead atoms. The zero-order valence-corrected chi connectivity index (χ0v) is 11.7. The molecule has 2 N–H and O–H groups in total. The summed E-state index contributed by atoms with van der Waals surface area (Å²) in [6, 6.07) is 4.63. The molecule has 0 fully saturated rings. The average molecular weight is 251 g/mol. The predicted octanol–water partition coefficient (Wildman–Crippen LogP) is 2.18. The van der Waals surface area contributed by atoms with Gasteiger partial charge in [0.05, 0.1) is 24.2 Å². The maximum absolute atomic E-state index is 5.57. The molecule has 18 heavy (non-hydrogen) atoms. The van der Waals surface area contributed by atoms with Gasteiger partial charge in [0.2, 0.25) is 0 Å². The minimum Gasteiger partial charge on any atom is -0.383 e. The topological polar surface area (TPSA) is 51.4 Å². The molecule has 0 spiro atoms. The van der Waals surface area contributed by atoms with E-state index in [0.717, 1.165) is 37.4 Å². The molecule has 0 saturated heterocycles. The molecule has 1 heterocycles. The lowest BCUT2D eigenvalue weighted by Crippen LogP contribution is -2.37. The summed E-state index contributed by atoms with van der Waals surface area (Å²) >= 11 is 0. The Bertz CT molecular complexity index is 322. The molecule has 102 valence electrons. The Morgan fingerprint density at radius 3 is 2.50 bits per heavy atom. The standard InChI is InChI=1S/C14H25N3O/c1-4-13(5-2)17(8-9-18-3)14-7-6-12(10-15)16-11-14/h6-7,11,13H,4-5,8-10,15H2,1-3H3. The van der Waals surface area contributed by atoms with Crippen molar-refractivity contribution in [1.29, 1.82) is 0 Å². The molecular formula is C14H25N3O. The zero-order valence-electron chi connectivity index (χ0n) is 11.7. The molecule has 0 amide bonds. The third kappa shape index (κ3) is 3.96. The van der Waals surface area contributed by atoms with Gasteiger partial charge in [-0.05, 0) is 25.0 Å². The summed E-state index contributed by atoms with van der Waals surface area (Å²) in [5, 5.41) is 0. The van der Waals surface area contributed by atoms with E-state index >= 15 is 0 Å². The first-order valence-corrected chi connectivity index (χ1v) is 6.67. The van der Waals surface area contributed by atoms with Gasteiger partial charge >= 0.3 is 0 Å². The normalized spacial score (nSPS) is 10.9. The lowest BCUT2D eigenvalue weighted by Gasteiger charge is -2.32. The molecule has 1 aromatic heterocycles. The van der Waals surface area contributed by atoms with Crippen molar-refractivity contribution in [2.24, 2.45) is 5.73 Å². The number of ether oxygens (including phenoxy) is 1. The van der Waals surface area contributed by atoms with Crippen molar-refractivity contribution in [3.63, 3.8) is 0 Å². The first-order valence-electron chi connectivity index (χ1n) is 6.67. The van der Waals surface area contributed by atoms with E-state index in [1.54, 1.807) is 7.11 Å². The van der Waals surface area contributed by atoms with E-state index in [2.05, 4.69) is 29.8 Å². The Morgan fingerprint density at radius 2 is 2.06 bits per heavy atom. The third-order valence-corrected chi connectivity index (χ3v) is 3.27. The van der Waals surface area contributed by atoms with Crippen LogP contribution in [0.1, 0.15) is 32.4 Å². The molecule has 4 nitrogen and oxygen atoms in total. The number of hydrogen-bond acceptors (Lipinski definition) is 4. The molecule has 4 heteroatoms. The molecule has 0 atom stereocenters. The Kier molecular flexibility index (Phi) is 6.68. The fourth-order valence-corrected chi connectivity index (χ4v) is 2.15. The number of hydrogen-bond donors (Lipinski definition) is 1. The van der Waals surface area contributed by atoms with Crippen molar-refractivity contribution in [3.05, 3.63) is 24.0 Å². The smallest absolute Gasteiger partial charge is 0.0637 e. The average Bonchev–Trinajstić information content (AvgIpc) is 2.43. The van der Waals surface area contributed by atoms with Gasteiger partial charge in [-0.2, -0.15) is 0 Å². The number of aromatic nitrogens is 1. The van der Waals surface area contributed by atoms with Gasteiger partial charge < -0.3 is 15.4 Å². The van der Waals surface area contributed by atoms with Crippen LogP contribution in [0.15, 0.2) is 18.3 Å². The van der Waals surface area contributed by atoms with Crippen LogP contribution in [0, 0.1) is 0 Å². The molecule has 0 aromatic carbocycles. The van der Waals surface area contributed by atoms with Crippen molar-refractivity contribution in [2.45, 2.75) is 39.3 Å². The third-order valence-electron chi connectivity index (χ3n) is 3.27. The molecule has 1 rings (SSSR count). The number of rotatable bonds is 8. The SMILES string of the molecule is CCC(CC)N(CCOC)c1ccc(CN)nc1. The predicted molar refractivity (Wildman–Crippen MR) is 75.7 cm³/mol. The lowest BCUT2D eigenvalue weighted by molar-refractivity contribution is 0.202. The monoisotopic (exact) mass is 251 g/mol. The summed E-state index contributed by atoms with van der Waals surface area (Å²) in [7, 11) is 1.74. The summed E-state index contributed by atoms with van der Waals surface area (Å²) in [4.78, 5) is 6.74. The van der Waals surface area contributed by atoms with Crippen molar-refractivity contribution >= 4 is 5.69 Å². The van der Waals surface area contributed by atoms with Crippen molar-refractivity contribution in [1.82, 2.24) is 4.98 Å². The van der Waals surface area contributed by atoms with Crippen molar-refractivity contribution in [2.75, 3.05) is 25.2 Å². The number of methoxy groups -OCH3 is 1. The zero-order chi connectivity index (χ0) is 13.4. The van der Waals surface area contributed by atoms with Crippen LogP contribution in [0.2, 0.25) is 0 Å². The minimum absolute atomic E-state index is 0.489. The summed E-state index contributed by atoms with van der Waals surface area (Å²) in [5.74, 6) is 0. The highest BCUT2D eigenvalue weighted by atomic mass is 16.5. The van der Waals surface area contributed by atoms with Gasteiger partial charge in [-0.25, -0.2) is 0 Å². The highest BCUT2D eigenvalue weighted by Crippen LogP contribution is 2.19. The van der Waals surface area contributed by atoms with Gasteiger partial charge in [0.15, 0.2) is 0 Å². The lowest BCUT2D eigenvalue weighted by atomic mass is 10.1. The Labute approximate surface area is 110 Å². The summed E-state index contributed by atoms with van der Waals surface area (Å²) in [6.45, 7) is 6.55. The second-order valence-electron chi connectivity index (χ2n) is 4.37. The van der Waals surface area contributed by atoms with Crippen molar-refractivity contribution in [3.8, 4) is 0 Å². The van der Waals surface area contributed by atoms with Crippen LogP contribution in [0.25, 0.3) is 0 Å². The summed E-state index contributed by atoms with van der Waals surface area (Å²) in [6.07, 6.45) is 4.16. The van der Waals surface area contributed by atoms with Gasteiger partial charge in [-0.3, -0.25) is 4.98 Å². The first kappa shape index (κ1) is 14.9. The number of nitrogens with two attached hydrogens (primary N) is 1. The van der Waals surface area contributed by atoms with E-state index < -0.39 is 0 Å². The molecule has 0 aliphatic heterocycles. The molecule has 0 saturated carbocycles. The van der Waals surface area contributed by atoms with Crippen LogP contribution < -0.4 is 10.6 Å². The maximum atomic E-state index is 5.57. The van der Waals surface area contributed by atoms with E-state index in [4.69, 9.17) is 10.5 Å². The highest BCUT2D eigenvalue weighted by molar-refractivity contribution is 5.45. The van der Waals surface area contributed by atoms with Crippen LogP contribution in [0.4, 0.5) is 5.69 Å². The summed E-state index contributed by atoms with van der Waals surface area (Å²) in [5.41, 5.74) is 7.65. The van der Waals surface area contributed by atoms with Crippen LogP contribution >= 0.6 is 0 Å². The van der Waals surface area contributed by atoms with Crippen LogP contribution in [0.5, 0.6) is 0 Å². The van der Waals surface area contributed by atoms with E-state index in [-0.39, 0.29) is 0 Å². The second-order valence-corrected chi connectivity index (χ2v) is 4.37. The van der Waals surface area contributed by atoms with Crippen molar-refractivity contribution < 1.29 is 4.74 Å². The quantitative estimate of drug-likeness (QED) is 0.769. The Morgan fingerprint density at radius 1 is 1.33 bits per heavy atom. The van der Waals surface area contributed by atoms with Gasteiger partial charge in [0.25, 0.3) is 0 Å². The van der Waals surface area contributed by atoms with Gasteiger partial charge in [0.1, 0.15) is 0 Å². The minimum atomic E-state index is 0.489. The van der Waals surface area contributed by atoms with E-state index in [1.165, 1.54) is 0 Å². The Hall–Kier alpha value is -1.13. The molecule has 0 aliphatic carbocycles. The second kappa shape index (κ2) is 8.06. The van der Waals surface area contributed by atoms with E-state index in [0.29, 0.717) is 12.6 Å². The van der Waals surface area contributed by atoms with Crippen LogP contribution in [-0.4, -0.2) is 31.3 Å². The molecule has 0 aliphatic rings. The number of anilines is 1. The molecule has 0 radical (unpaired) electrons. The van der Waals surface area contributed by atoms with Gasteiger partial charge in [-0.1, -0.05) is 13.8 Å². The summed E-state index contributed by atoms with van der Waals surface area (Å²) < 4.78 is 5.20. The van der Waals surface area contributed by atoms with Gasteiger partial charge in [-0.15, -0.1) is 0 Å². The number of nitrogens with zero attached hydrogens (tertiary/aromatic N) is 2. The fourth-order valence-electron chi connectivity index (χ4n) is 2.15. The molecule has 0 unspecified atom stereocenters. The number of pyridine rings is 1. The fraction of sp³-hybridized carbons (Fsp3) is 0.643. The molecular weight excluding hydrogens is 226 g/mol. The maximum Gasteiger partial charge on any atom is 0.0637 e. The molecule has 1 aromatic rings. The Balaban J connectivity index is 2.85. The van der Waals surface area contributed by atoms with Gasteiger partial charge in [0, 0.05) is 26.2 Å². The van der Waals surface area contributed by atoms with Crippen LogP contribution in [-0.2, 0) is 11.3 Å². The van der Waals surface area contributed by atoms with E-state index in [1.807, 2.05) is 12.3 Å². The van der Waals surface area contributed by atoms with Crippen LogP contribution in [0.3, 0.4) is 0 Å². The van der Waals surface area contributed by atoms with E-state index in [9.17, 15) is 0 Å². The highest BCUT2D eigenvalue weighted by Gasteiger charge is 2.15.